The average molecular weight is 374 g/mol. The van der Waals surface area contributed by atoms with Crippen molar-refractivity contribution in [3.8, 4) is 5.75 Å². The summed E-state index contributed by atoms with van der Waals surface area (Å²) < 4.78 is 45.8. The maximum absolute atomic E-state index is 13.2. The highest BCUT2D eigenvalue weighted by atomic mass is 79.9. The van der Waals surface area contributed by atoms with E-state index >= 15 is 0 Å². The second-order valence-electron chi connectivity index (χ2n) is 4.36. The van der Waals surface area contributed by atoms with Gasteiger partial charge in [-0.1, -0.05) is 6.07 Å². The second kappa shape index (κ2) is 6.03. The molecule has 21 heavy (non-hydrogen) atoms. The molecule has 0 saturated heterocycles. The van der Waals surface area contributed by atoms with Crippen molar-refractivity contribution in [1.29, 1.82) is 0 Å². The van der Waals surface area contributed by atoms with Crippen molar-refractivity contribution in [2.45, 2.75) is 11.8 Å². The number of ether oxygens (including phenoxy) is 1. The zero-order valence-corrected chi connectivity index (χ0v) is 13.8. The summed E-state index contributed by atoms with van der Waals surface area (Å²) in [5.41, 5.74) is 0.842. The van der Waals surface area contributed by atoms with E-state index in [4.69, 9.17) is 4.74 Å². The van der Waals surface area contributed by atoms with Crippen LogP contribution in [0.2, 0.25) is 0 Å². The number of sulfonamides is 1. The third-order valence-corrected chi connectivity index (χ3v) is 4.86. The highest BCUT2D eigenvalue weighted by Crippen LogP contribution is 2.28. The lowest BCUT2D eigenvalue weighted by molar-refractivity contribution is 0.411. The summed E-state index contributed by atoms with van der Waals surface area (Å²) in [4.78, 5) is 0.0545. The highest BCUT2D eigenvalue weighted by Gasteiger charge is 2.17. The first-order chi connectivity index (χ1) is 9.83. The lowest BCUT2D eigenvalue weighted by Crippen LogP contribution is -2.14. The van der Waals surface area contributed by atoms with Gasteiger partial charge in [-0.15, -0.1) is 0 Å². The van der Waals surface area contributed by atoms with Gasteiger partial charge in [-0.2, -0.15) is 0 Å². The smallest absolute Gasteiger partial charge is 0.261 e. The van der Waals surface area contributed by atoms with E-state index in [2.05, 4.69) is 20.7 Å². The molecule has 4 nitrogen and oxygen atoms in total. The van der Waals surface area contributed by atoms with Crippen molar-refractivity contribution in [3.63, 3.8) is 0 Å². The molecule has 0 amide bonds. The third-order valence-electron chi connectivity index (χ3n) is 2.88. The monoisotopic (exact) mass is 373 g/mol. The van der Waals surface area contributed by atoms with Gasteiger partial charge >= 0.3 is 0 Å². The Morgan fingerprint density at radius 1 is 1.19 bits per heavy atom. The molecule has 0 spiro atoms. The Labute approximate surface area is 131 Å². The third kappa shape index (κ3) is 3.54. The summed E-state index contributed by atoms with van der Waals surface area (Å²) in [6.45, 7) is 1.70. The van der Waals surface area contributed by atoms with Crippen LogP contribution in [0.25, 0.3) is 0 Å². The largest absolute Gasteiger partial charge is 0.496 e. The maximum atomic E-state index is 13.2. The molecule has 0 aromatic heterocycles. The predicted octanol–water partition coefficient (Wildman–Crippen LogP) is 3.71. The van der Waals surface area contributed by atoms with Crippen molar-refractivity contribution in [1.82, 2.24) is 0 Å². The SMILES string of the molecule is COc1ccc(S(=O)(=O)Nc2cc(F)ccc2C)cc1Br. The number of halogens is 2. The van der Waals surface area contributed by atoms with E-state index in [-0.39, 0.29) is 10.6 Å². The fourth-order valence-electron chi connectivity index (χ4n) is 1.72. The number of anilines is 1. The van der Waals surface area contributed by atoms with Gasteiger partial charge in [0.05, 0.1) is 22.2 Å². The number of hydrogen-bond donors (Lipinski definition) is 1. The first-order valence-corrected chi connectivity index (χ1v) is 8.23. The van der Waals surface area contributed by atoms with E-state index in [1.54, 1.807) is 6.92 Å². The van der Waals surface area contributed by atoms with Gasteiger partial charge in [0.15, 0.2) is 0 Å². The summed E-state index contributed by atoms with van der Waals surface area (Å²) in [7, 11) is -2.31. The van der Waals surface area contributed by atoms with Crippen LogP contribution in [0.5, 0.6) is 5.75 Å². The van der Waals surface area contributed by atoms with Crippen LogP contribution in [0, 0.1) is 12.7 Å². The molecule has 2 aromatic carbocycles. The zero-order valence-electron chi connectivity index (χ0n) is 11.4. The van der Waals surface area contributed by atoms with Gasteiger partial charge in [-0.05, 0) is 58.7 Å². The lowest BCUT2D eigenvalue weighted by atomic mass is 10.2. The number of aryl methyl sites for hydroxylation is 1. The first-order valence-electron chi connectivity index (χ1n) is 5.96. The fourth-order valence-corrected chi connectivity index (χ4v) is 3.56. The van der Waals surface area contributed by atoms with Gasteiger partial charge < -0.3 is 4.74 Å². The Morgan fingerprint density at radius 3 is 2.52 bits per heavy atom. The maximum Gasteiger partial charge on any atom is 0.261 e. The topological polar surface area (TPSA) is 55.4 Å². The molecule has 2 rings (SSSR count). The lowest BCUT2D eigenvalue weighted by Gasteiger charge is -2.12. The first kappa shape index (κ1) is 15.8. The van der Waals surface area contributed by atoms with Crippen LogP contribution in [0.3, 0.4) is 0 Å². The van der Waals surface area contributed by atoms with Crippen molar-refractivity contribution >= 4 is 31.6 Å². The molecular weight excluding hydrogens is 361 g/mol. The molecule has 2 aromatic rings. The second-order valence-corrected chi connectivity index (χ2v) is 6.90. The molecule has 0 saturated carbocycles. The van der Waals surface area contributed by atoms with Crippen molar-refractivity contribution in [2.24, 2.45) is 0 Å². The molecule has 0 aliphatic carbocycles. The van der Waals surface area contributed by atoms with E-state index < -0.39 is 15.8 Å². The number of benzene rings is 2. The fraction of sp³-hybridized carbons (Fsp3) is 0.143. The molecule has 7 heteroatoms. The van der Waals surface area contributed by atoms with Crippen LogP contribution in [-0.4, -0.2) is 15.5 Å². The number of methoxy groups -OCH3 is 1. The quantitative estimate of drug-likeness (QED) is 0.888. The van der Waals surface area contributed by atoms with E-state index in [1.165, 1.54) is 37.4 Å². The van der Waals surface area contributed by atoms with Gasteiger partial charge in [-0.3, -0.25) is 4.72 Å². The van der Waals surface area contributed by atoms with E-state index in [0.717, 1.165) is 6.07 Å². The van der Waals surface area contributed by atoms with E-state index in [9.17, 15) is 12.8 Å². The van der Waals surface area contributed by atoms with E-state index in [0.29, 0.717) is 15.8 Å². The van der Waals surface area contributed by atoms with Crippen LogP contribution in [-0.2, 0) is 10.0 Å². The Balaban J connectivity index is 2.38. The molecular formula is C14H13BrFNO3S. The summed E-state index contributed by atoms with van der Waals surface area (Å²) in [5, 5.41) is 0. The minimum Gasteiger partial charge on any atom is -0.496 e. The zero-order chi connectivity index (χ0) is 15.6. The predicted molar refractivity (Wildman–Crippen MR) is 82.6 cm³/mol. The molecule has 0 aliphatic rings. The molecule has 0 aliphatic heterocycles. The summed E-state index contributed by atoms with van der Waals surface area (Å²) in [5.74, 6) is 0.0186. The van der Waals surface area contributed by atoms with Crippen LogP contribution >= 0.6 is 15.9 Å². The Kier molecular flexibility index (Phi) is 4.53. The average Bonchev–Trinajstić information content (AvgIpc) is 2.42. The van der Waals surface area contributed by atoms with Gasteiger partial charge in [0.2, 0.25) is 0 Å². The van der Waals surface area contributed by atoms with Crippen molar-refractivity contribution < 1.29 is 17.5 Å². The Bertz CT molecular complexity index is 778. The molecule has 0 bridgehead atoms. The minimum atomic E-state index is -3.80. The summed E-state index contributed by atoms with van der Waals surface area (Å²) in [6.07, 6.45) is 0. The number of hydrogen-bond acceptors (Lipinski definition) is 3. The minimum absolute atomic E-state index is 0.0545. The molecule has 0 unspecified atom stereocenters. The Morgan fingerprint density at radius 2 is 1.90 bits per heavy atom. The normalized spacial score (nSPS) is 11.2. The number of nitrogens with one attached hydrogen (secondary N) is 1. The van der Waals surface area contributed by atoms with Crippen molar-refractivity contribution in [3.05, 3.63) is 52.3 Å². The van der Waals surface area contributed by atoms with Crippen LogP contribution < -0.4 is 9.46 Å². The van der Waals surface area contributed by atoms with Crippen LogP contribution in [0.15, 0.2) is 45.8 Å². The standard InChI is InChI=1S/C14H13BrFNO3S/c1-9-3-4-10(16)7-13(9)17-21(18,19)11-5-6-14(20-2)12(15)8-11/h3-8,17H,1-2H3. The van der Waals surface area contributed by atoms with Gasteiger partial charge in [0.25, 0.3) is 10.0 Å². The molecule has 0 fully saturated rings. The van der Waals surface area contributed by atoms with Crippen molar-refractivity contribution in [2.75, 3.05) is 11.8 Å². The molecule has 0 atom stereocenters. The highest BCUT2D eigenvalue weighted by molar-refractivity contribution is 9.10. The molecule has 112 valence electrons. The van der Waals surface area contributed by atoms with Gasteiger partial charge in [-0.25, -0.2) is 12.8 Å². The summed E-state index contributed by atoms with van der Waals surface area (Å²) >= 11 is 3.23. The van der Waals surface area contributed by atoms with Crippen LogP contribution in [0.1, 0.15) is 5.56 Å². The van der Waals surface area contributed by atoms with Gasteiger partial charge in [0.1, 0.15) is 11.6 Å². The number of rotatable bonds is 4. The van der Waals surface area contributed by atoms with Gasteiger partial charge in [0, 0.05) is 0 Å². The van der Waals surface area contributed by atoms with E-state index in [1.807, 2.05) is 0 Å². The molecule has 1 N–H and O–H groups in total. The molecule has 0 radical (unpaired) electrons. The Hall–Kier alpha value is -1.60. The van der Waals surface area contributed by atoms with Crippen LogP contribution in [0.4, 0.5) is 10.1 Å². The molecule has 0 heterocycles. The summed E-state index contributed by atoms with van der Waals surface area (Å²) in [6, 6.07) is 8.31.